The fraction of sp³-hybridized carbons (Fsp3) is 0.500. The van der Waals surface area contributed by atoms with Crippen molar-refractivity contribution >= 4 is 39.2 Å². The Labute approximate surface area is 144 Å². The van der Waals surface area contributed by atoms with E-state index in [2.05, 4.69) is 21.3 Å². The van der Waals surface area contributed by atoms with Gasteiger partial charge in [-0.3, -0.25) is 9.69 Å². The highest BCUT2D eigenvalue weighted by Gasteiger charge is 2.10. The molecule has 2 heterocycles. The zero-order valence-electron chi connectivity index (χ0n) is 13.0. The lowest BCUT2D eigenvalue weighted by atomic mass is 10.3. The second-order valence-corrected chi connectivity index (χ2v) is 7.47. The zero-order chi connectivity index (χ0) is 15.9. The van der Waals surface area contributed by atoms with Gasteiger partial charge < -0.3 is 10.1 Å². The lowest BCUT2D eigenvalue weighted by Gasteiger charge is -2.26. The van der Waals surface area contributed by atoms with Crippen molar-refractivity contribution in [2.24, 2.45) is 0 Å². The summed E-state index contributed by atoms with van der Waals surface area (Å²) in [5.74, 6) is 1.37. The molecule has 23 heavy (non-hydrogen) atoms. The van der Waals surface area contributed by atoms with Crippen LogP contribution in [0.1, 0.15) is 5.01 Å². The van der Waals surface area contributed by atoms with Crippen LogP contribution in [-0.2, 0) is 15.3 Å². The van der Waals surface area contributed by atoms with E-state index in [1.165, 1.54) is 4.70 Å². The average Bonchev–Trinajstić information content (AvgIpc) is 2.98. The number of para-hydroxylation sites is 1. The maximum absolute atomic E-state index is 11.9. The van der Waals surface area contributed by atoms with Crippen LogP contribution in [0.4, 0.5) is 0 Å². The Kier molecular flexibility index (Phi) is 6.27. The molecule has 0 radical (unpaired) electrons. The van der Waals surface area contributed by atoms with Crippen LogP contribution >= 0.6 is 23.1 Å². The van der Waals surface area contributed by atoms with E-state index in [4.69, 9.17) is 4.74 Å². The molecule has 1 aliphatic heterocycles. The highest BCUT2D eigenvalue weighted by atomic mass is 32.2. The predicted octanol–water partition coefficient (Wildman–Crippen LogP) is 1.98. The van der Waals surface area contributed by atoms with Crippen molar-refractivity contribution in [2.75, 3.05) is 45.1 Å². The molecule has 1 saturated heterocycles. The third-order valence-electron chi connectivity index (χ3n) is 3.65. The van der Waals surface area contributed by atoms with Gasteiger partial charge in [-0.05, 0) is 12.1 Å². The molecule has 7 heteroatoms. The first-order valence-electron chi connectivity index (χ1n) is 7.80. The average molecular weight is 351 g/mol. The van der Waals surface area contributed by atoms with E-state index in [1.54, 1.807) is 23.1 Å². The minimum Gasteiger partial charge on any atom is -0.379 e. The molecule has 1 amide bonds. The highest BCUT2D eigenvalue weighted by Crippen LogP contribution is 2.24. The van der Waals surface area contributed by atoms with Crippen molar-refractivity contribution in [2.45, 2.75) is 5.75 Å². The lowest BCUT2D eigenvalue weighted by Crippen LogP contribution is -2.41. The van der Waals surface area contributed by atoms with Gasteiger partial charge >= 0.3 is 0 Å². The first-order valence-corrected chi connectivity index (χ1v) is 9.77. The van der Waals surface area contributed by atoms with E-state index in [1.807, 2.05) is 18.2 Å². The number of amides is 1. The standard InChI is InChI=1S/C16H21N3O2S2/c20-15(17-5-6-19-7-9-21-10-8-19)11-22-12-16-18-13-3-1-2-4-14(13)23-16/h1-4H,5-12H2,(H,17,20). The Bertz CT molecular complexity index is 608. The highest BCUT2D eigenvalue weighted by molar-refractivity contribution is 7.99. The molecule has 2 aromatic rings. The number of hydrogen-bond acceptors (Lipinski definition) is 6. The number of fused-ring (bicyclic) bond motifs is 1. The minimum absolute atomic E-state index is 0.101. The summed E-state index contributed by atoms with van der Waals surface area (Å²) in [4.78, 5) is 18.8. The van der Waals surface area contributed by atoms with Crippen LogP contribution in [-0.4, -0.2) is 60.9 Å². The first kappa shape index (κ1) is 16.7. The van der Waals surface area contributed by atoms with E-state index < -0.39 is 0 Å². The summed E-state index contributed by atoms with van der Waals surface area (Å²) in [6.45, 7) is 5.13. The number of carbonyl (C=O) groups is 1. The summed E-state index contributed by atoms with van der Waals surface area (Å²) in [5.41, 5.74) is 1.04. The van der Waals surface area contributed by atoms with Gasteiger partial charge in [0.15, 0.2) is 0 Å². The van der Waals surface area contributed by atoms with Gasteiger partial charge in [0.25, 0.3) is 0 Å². The zero-order valence-corrected chi connectivity index (χ0v) is 14.6. The van der Waals surface area contributed by atoms with Crippen LogP contribution < -0.4 is 5.32 Å². The van der Waals surface area contributed by atoms with Crippen molar-refractivity contribution in [3.8, 4) is 0 Å². The quantitative estimate of drug-likeness (QED) is 0.827. The number of hydrogen-bond donors (Lipinski definition) is 1. The molecule has 1 aliphatic rings. The van der Waals surface area contributed by atoms with Gasteiger partial charge in [0.2, 0.25) is 5.91 Å². The molecule has 0 unspecified atom stereocenters. The van der Waals surface area contributed by atoms with Crippen molar-refractivity contribution in [1.82, 2.24) is 15.2 Å². The van der Waals surface area contributed by atoms with Gasteiger partial charge in [-0.25, -0.2) is 4.98 Å². The second-order valence-electron chi connectivity index (χ2n) is 5.37. The molecule has 1 N–H and O–H groups in total. The maximum Gasteiger partial charge on any atom is 0.230 e. The van der Waals surface area contributed by atoms with Crippen molar-refractivity contribution in [3.05, 3.63) is 29.3 Å². The number of thiazole rings is 1. The molecule has 5 nitrogen and oxygen atoms in total. The Morgan fingerprint density at radius 2 is 2.17 bits per heavy atom. The van der Waals surface area contributed by atoms with Crippen LogP contribution in [0.15, 0.2) is 24.3 Å². The summed E-state index contributed by atoms with van der Waals surface area (Å²) >= 11 is 3.32. The van der Waals surface area contributed by atoms with Gasteiger partial charge in [0.1, 0.15) is 5.01 Å². The third-order valence-corrected chi connectivity index (χ3v) is 5.81. The van der Waals surface area contributed by atoms with E-state index in [0.717, 1.165) is 49.1 Å². The summed E-state index contributed by atoms with van der Waals surface area (Å²) in [5, 5.41) is 4.06. The minimum atomic E-state index is 0.101. The molecular formula is C16H21N3O2S2. The lowest BCUT2D eigenvalue weighted by molar-refractivity contribution is -0.118. The van der Waals surface area contributed by atoms with Gasteiger partial charge in [-0.2, -0.15) is 0 Å². The van der Waals surface area contributed by atoms with Gasteiger partial charge in [0.05, 0.1) is 29.2 Å². The third kappa shape index (κ3) is 5.17. The molecule has 0 aliphatic carbocycles. The van der Waals surface area contributed by atoms with Crippen molar-refractivity contribution in [3.63, 3.8) is 0 Å². The van der Waals surface area contributed by atoms with E-state index in [9.17, 15) is 4.79 Å². The van der Waals surface area contributed by atoms with Gasteiger partial charge in [-0.15, -0.1) is 23.1 Å². The van der Waals surface area contributed by atoms with Crippen LogP contribution in [0, 0.1) is 0 Å². The SMILES string of the molecule is O=C(CSCc1nc2ccccc2s1)NCCN1CCOCC1. The molecule has 0 spiro atoms. The number of benzene rings is 1. The van der Waals surface area contributed by atoms with E-state index in [-0.39, 0.29) is 5.91 Å². The Hall–Kier alpha value is -1.15. The summed E-state index contributed by atoms with van der Waals surface area (Å²) < 4.78 is 6.51. The molecule has 124 valence electrons. The number of nitrogens with zero attached hydrogens (tertiary/aromatic N) is 2. The maximum atomic E-state index is 11.9. The van der Waals surface area contributed by atoms with Gasteiger partial charge in [0, 0.05) is 31.9 Å². The number of morpholine rings is 1. The van der Waals surface area contributed by atoms with E-state index in [0.29, 0.717) is 12.3 Å². The number of aromatic nitrogens is 1. The topological polar surface area (TPSA) is 54.5 Å². The molecule has 1 fully saturated rings. The van der Waals surface area contributed by atoms with Crippen molar-refractivity contribution < 1.29 is 9.53 Å². The summed E-state index contributed by atoms with van der Waals surface area (Å²) in [7, 11) is 0. The van der Waals surface area contributed by atoms with Crippen molar-refractivity contribution in [1.29, 1.82) is 0 Å². The number of carbonyl (C=O) groups excluding carboxylic acids is 1. The molecular weight excluding hydrogens is 330 g/mol. The predicted molar refractivity (Wildman–Crippen MR) is 96.1 cm³/mol. The molecule has 1 aromatic carbocycles. The van der Waals surface area contributed by atoms with E-state index >= 15 is 0 Å². The van der Waals surface area contributed by atoms with Crippen LogP contribution in [0.3, 0.4) is 0 Å². The Morgan fingerprint density at radius 3 is 3.00 bits per heavy atom. The number of ether oxygens (including phenoxy) is 1. The Morgan fingerprint density at radius 1 is 1.35 bits per heavy atom. The largest absolute Gasteiger partial charge is 0.379 e. The van der Waals surface area contributed by atoms with Crippen LogP contribution in [0.25, 0.3) is 10.2 Å². The fourth-order valence-corrected chi connectivity index (χ4v) is 4.32. The smallest absolute Gasteiger partial charge is 0.230 e. The number of nitrogens with one attached hydrogen (secondary N) is 1. The summed E-state index contributed by atoms with van der Waals surface area (Å²) in [6, 6.07) is 8.14. The number of rotatable bonds is 7. The normalized spacial score (nSPS) is 15.8. The Balaban J connectivity index is 1.32. The molecule has 3 rings (SSSR count). The molecule has 1 aromatic heterocycles. The molecule has 0 saturated carbocycles. The fourth-order valence-electron chi connectivity index (χ4n) is 2.44. The molecule has 0 atom stereocenters. The second kappa shape index (κ2) is 8.63. The van der Waals surface area contributed by atoms with Crippen LogP contribution in [0.5, 0.6) is 0 Å². The molecule has 0 bridgehead atoms. The summed E-state index contributed by atoms with van der Waals surface area (Å²) in [6.07, 6.45) is 0. The number of thioether (sulfide) groups is 1. The van der Waals surface area contributed by atoms with Crippen LogP contribution in [0.2, 0.25) is 0 Å². The van der Waals surface area contributed by atoms with Gasteiger partial charge in [-0.1, -0.05) is 12.1 Å². The first-order chi connectivity index (χ1) is 11.3. The monoisotopic (exact) mass is 351 g/mol.